The number of piperidine rings is 1. The molecule has 0 aliphatic carbocycles. The molecule has 1 atom stereocenters. The Labute approximate surface area is 163 Å². The average Bonchev–Trinajstić information content (AvgIpc) is 2.55. The van der Waals surface area contributed by atoms with Gasteiger partial charge in [-0.3, -0.25) is 0 Å². The Kier molecular flexibility index (Phi) is 6.55. The minimum atomic E-state index is -0.945. The lowest BCUT2D eigenvalue weighted by Gasteiger charge is -2.36. The van der Waals surface area contributed by atoms with Crippen molar-refractivity contribution in [2.24, 2.45) is 5.92 Å². The van der Waals surface area contributed by atoms with Gasteiger partial charge in [0.25, 0.3) is 0 Å². The van der Waals surface area contributed by atoms with Crippen LogP contribution < -0.4 is 5.32 Å². The van der Waals surface area contributed by atoms with Crippen molar-refractivity contribution in [1.82, 2.24) is 4.90 Å². The first-order valence-electron chi connectivity index (χ1n) is 8.84. The summed E-state index contributed by atoms with van der Waals surface area (Å²) in [6.07, 6.45) is 1.50. The average molecular weight is 427 g/mol. The van der Waals surface area contributed by atoms with Crippen molar-refractivity contribution in [3.05, 3.63) is 28.2 Å². The maximum absolute atomic E-state index is 12.2. The lowest BCUT2D eigenvalue weighted by molar-refractivity contribution is 0.0179. The number of nitrogens with one attached hydrogen (secondary N) is 1. The predicted molar refractivity (Wildman–Crippen MR) is 105 cm³/mol. The van der Waals surface area contributed by atoms with E-state index in [2.05, 4.69) is 28.2 Å². The van der Waals surface area contributed by atoms with Crippen molar-refractivity contribution in [3.8, 4) is 0 Å². The second-order valence-electron chi connectivity index (χ2n) is 7.74. The third-order valence-corrected chi connectivity index (χ3v) is 5.19. The summed E-state index contributed by atoms with van der Waals surface area (Å²) in [6.45, 7) is 9.03. The van der Waals surface area contributed by atoms with Crippen molar-refractivity contribution in [2.75, 3.05) is 18.4 Å². The van der Waals surface area contributed by atoms with Crippen molar-refractivity contribution in [1.29, 1.82) is 0 Å². The highest BCUT2D eigenvalue weighted by molar-refractivity contribution is 9.10. The standard InChI is InChI=1S/C19H27BrN2O4/c1-12(21-16-11-14(17(23)24)5-6-15(16)20)13-7-9-22(10-8-13)18(25)26-19(2,3)4/h5-6,11-13,21H,7-10H2,1-4H3,(H,23,24)/t12-/m0/s1. The van der Waals surface area contributed by atoms with E-state index in [1.165, 1.54) is 0 Å². The summed E-state index contributed by atoms with van der Waals surface area (Å²) in [5, 5.41) is 12.6. The van der Waals surface area contributed by atoms with Crippen LogP contribution in [0.1, 0.15) is 50.9 Å². The first-order valence-corrected chi connectivity index (χ1v) is 9.63. The van der Waals surface area contributed by atoms with Crippen LogP contribution in [0.5, 0.6) is 0 Å². The topological polar surface area (TPSA) is 78.9 Å². The van der Waals surface area contributed by atoms with Gasteiger partial charge in [0.15, 0.2) is 0 Å². The number of anilines is 1. The largest absolute Gasteiger partial charge is 0.478 e. The summed E-state index contributed by atoms with van der Waals surface area (Å²) in [6, 6.07) is 5.11. The van der Waals surface area contributed by atoms with Crippen molar-refractivity contribution >= 4 is 33.7 Å². The van der Waals surface area contributed by atoms with E-state index in [0.29, 0.717) is 19.0 Å². The fourth-order valence-corrected chi connectivity index (χ4v) is 3.40. The molecule has 7 heteroatoms. The number of carboxylic acids is 1. The molecular weight excluding hydrogens is 400 g/mol. The first kappa shape index (κ1) is 20.6. The molecule has 2 rings (SSSR count). The summed E-state index contributed by atoms with van der Waals surface area (Å²) in [5.41, 5.74) is 0.541. The fourth-order valence-electron chi connectivity index (χ4n) is 3.04. The number of likely N-dealkylation sites (tertiary alicyclic amines) is 1. The molecule has 0 saturated carbocycles. The molecule has 2 N–H and O–H groups in total. The van der Waals surface area contributed by atoms with E-state index in [0.717, 1.165) is 23.0 Å². The molecule has 0 unspecified atom stereocenters. The molecule has 1 heterocycles. The molecule has 1 aromatic carbocycles. The Morgan fingerprint density at radius 3 is 2.46 bits per heavy atom. The minimum absolute atomic E-state index is 0.163. The van der Waals surface area contributed by atoms with Crippen molar-refractivity contribution in [2.45, 2.75) is 52.2 Å². The first-order chi connectivity index (χ1) is 12.1. The van der Waals surface area contributed by atoms with Gasteiger partial charge in [-0.05, 0) is 80.6 Å². The number of benzene rings is 1. The Morgan fingerprint density at radius 2 is 1.92 bits per heavy atom. The molecule has 0 spiro atoms. The van der Waals surface area contributed by atoms with E-state index in [1.54, 1.807) is 23.1 Å². The molecule has 1 amide bonds. The zero-order valence-corrected chi connectivity index (χ0v) is 17.3. The number of hydrogen-bond acceptors (Lipinski definition) is 4. The van der Waals surface area contributed by atoms with Crippen molar-refractivity contribution in [3.63, 3.8) is 0 Å². The van der Waals surface area contributed by atoms with Crippen LogP contribution >= 0.6 is 15.9 Å². The SMILES string of the molecule is C[C@H](Nc1cc(C(=O)O)ccc1Br)C1CCN(C(=O)OC(C)(C)C)CC1. The predicted octanol–water partition coefficient (Wildman–Crippen LogP) is 4.59. The number of aromatic carboxylic acids is 1. The zero-order chi connectivity index (χ0) is 19.5. The van der Waals surface area contributed by atoms with E-state index in [-0.39, 0.29) is 17.7 Å². The lowest BCUT2D eigenvalue weighted by atomic mass is 9.90. The Balaban J connectivity index is 1.93. The van der Waals surface area contributed by atoms with Crippen LogP contribution in [-0.2, 0) is 4.74 Å². The van der Waals surface area contributed by atoms with Crippen LogP contribution in [0.15, 0.2) is 22.7 Å². The number of hydrogen-bond donors (Lipinski definition) is 2. The number of ether oxygens (including phenoxy) is 1. The highest BCUT2D eigenvalue weighted by Gasteiger charge is 2.29. The van der Waals surface area contributed by atoms with Gasteiger partial charge < -0.3 is 20.1 Å². The van der Waals surface area contributed by atoms with Gasteiger partial charge in [-0.25, -0.2) is 9.59 Å². The van der Waals surface area contributed by atoms with E-state index < -0.39 is 11.6 Å². The van der Waals surface area contributed by atoms with Gasteiger partial charge in [0.2, 0.25) is 0 Å². The number of carbonyl (C=O) groups excluding carboxylic acids is 1. The van der Waals surface area contributed by atoms with E-state index in [9.17, 15) is 9.59 Å². The number of carbonyl (C=O) groups is 2. The van der Waals surface area contributed by atoms with Gasteiger partial charge >= 0.3 is 12.1 Å². The Bertz CT molecular complexity index is 664. The van der Waals surface area contributed by atoms with Crippen LogP contribution in [0.2, 0.25) is 0 Å². The Hall–Kier alpha value is -1.76. The molecule has 1 aromatic rings. The van der Waals surface area contributed by atoms with Gasteiger partial charge in [-0.1, -0.05) is 0 Å². The molecule has 1 aliphatic rings. The molecule has 6 nitrogen and oxygen atoms in total. The molecule has 0 aromatic heterocycles. The second kappa shape index (κ2) is 8.29. The van der Waals surface area contributed by atoms with Crippen LogP contribution in [0, 0.1) is 5.92 Å². The highest BCUT2D eigenvalue weighted by Crippen LogP contribution is 2.28. The van der Waals surface area contributed by atoms with E-state index in [4.69, 9.17) is 9.84 Å². The molecule has 0 bridgehead atoms. The van der Waals surface area contributed by atoms with E-state index in [1.807, 2.05) is 20.8 Å². The summed E-state index contributed by atoms with van der Waals surface area (Å²) in [7, 11) is 0. The lowest BCUT2D eigenvalue weighted by Crippen LogP contribution is -2.44. The summed E-state index contributed by atoms with van der Waals surface area (Å²) < 4.78 is 6.26. The van der Waals surface area contributed by atoms with Gasteiger partial charge in [0.1, 0.15) is 5.60 Å². The molecule has 1 aliphatic heterocycles. The quantitative estimate of drug-likeness (QED) is 0.735. The molecule has 1 fully saturated rings. The summed E-state index contributed by atoms with van der Waals surface area (Å²) >= 11 is 3.46. The van der Waals surface area contributed by atoms with Gasteiger partial charge in [-0.2, -0.15) is 0 Å². The number of nitrogens with zero attached hydrogens (tertiary/aromatic N) is 1. The highest BCUT2D eigenvalue weighted by atomic mass is 79.9. The van der Waals surface area contributed by atoms with Gasteiger partial charge in [0, 0.05) is 29.3 Å². The third-order valence-electron chi connectivity index (χ3n) is 4.49. The number of amides is 1. The van der Waals surface area contributed by atoms with E-state index >= 15 is 0 Å². The van der Waals surface area contributed by atoms with Crippen molar-refractivity contribution < 1.29 is 19.4 Å². The monoisotopic (exact) mass is 426 g/mol. The zero-order valence-electron chi connectivity index (χ0n) is 15.7. The Morgan fingerprint density at radius 1 is 1.31 bits per heavy atom. The molecule has 26 heavy (non-hydrogen) atoms. The molecule has 144 valence electrons. The maximum atomic E-state index is 12.2. The normalized spacial score (nSPS) is 16.9. The number of halogens is 1. The van der Waals surface area contributed by atoms with Crippen LogP contribution in [0.3, 0.4) is 0 Å². The summed E-state index contributed by atoms with van der Waals surface area (Å²) in [5.74, 6) is -0.548. The second-order valence-corrected chi connectivity index (χ2v) is 8.59. The number of rotatable bonds is 4. The smallest absolute Gasteiger partial charge is 0.410 e. The molecular formula is C19H27BrN2O4. The third kappa shape index (κ3) is 5.62. The minimum Gasteiger partial charge on any atom is -0.478 e. The number of carboxylic acid groups (broad SMARTS) is 1. The van der Waals surface area contributed by atoms with Gasteiger partial charge in [-0.15, -0.1) is 0 Å². The van der Waals surface area contributed by atoms with Crippen LogP contribution in [0.4, 0.5) is 10.5 Å². The van der Waals surface area contributed by atoms with Gasteiger partial charge in [0.05, 0.1) is 5.56 Å². The molecule has 1 saturated heterocycles. The summed E-state index contributed by atoms with van der Waals surface area (Å²) in [4.78, 5) is 25.1. The van der Waals surface area contributed by atoms with Crippen LogP contribution in [0.25, 0.3) is 0 Å². The molecule has 0 radical (unpaired) electrons. The fraction of sp³-hybridized carbons (Fsp3) is 0.579. The maximum Gasteiger partial charge on any atom is 0.410 e. The van der Waals surface area contributed by atoms with Crippen LogP contribution in [-0.4, -0.2) is 46.8 Å².